The zero-order valence-corrected chi connectivity index (χ0v) is 7.08. The maximum Gasteiger partial charge on any atom is 0.226 e. The average molecular weight is 167 g/mol. The first-order valence-corrected chi connectivity index (χ1v) is 4.03. The van der Waals surface area contributed by atoms with Crippen molar-refractivity contribution in [1.82, 2.24) is 9.97 Å². The number of hydrogen-bond acceptors (Lipinski definition) is 2. The third-order valence-electron chi connectivity index (χ3n) is 1.82. The van der Waals surface area contributed by atoms with E-state index in [0.717, 1.165) is 18.5 Å². The van der Waals surface area contributed by atoms with Crippen molar-refractivity contribution in [3.63, 3.8) is 0 Å². The number of nitrogens with one attached hydrogen (secondary N) is 1. The molecule has 0 aliphatic carbocycles. The van der Waals surface area contributed by atoms with Gasteiger partial charge in [-0.15, -0.1) is 0 Å². The highest BCUT2D eigenvalue weighted by atomic mass is 16.1. The van der Waals surface area contributed by atoms with Crippen LogP contribution in [-0.4, -0.2) is 15.9 Å². The van der Waals surface area contributed by atoms with Crippen molar-refractivity contribution >= 4 is 5.91 Å². The van der Waals surface area contributed by atoms with E-state index < -0.39 is 0 Å². The third-order valence-corrected chi connectivity index (χ3v) is 1.82. The molecule has 0 fully saturated rings. The molecule has 1 heterocycles. The molecule has 0 bridgehead atoms. The van der Waals surface area contributed by atoms with E-state index in [-0.39, 0.29) is 11.8 Å². The molecule has 0 saturated carbocycles. The predicted molar refractivity (Wildman–Crippen MR) is 45.4 cm³/mol. The van der Waals surface area contributed by atoms with Crippen molar-refractivity contribution in [2.45, 2.75) is 25.7 Å². The molecule has 1 unspecified atom stereocenters. The van der Waals surface area contributed by atoms with Crippen LogP contribution in [-0.2, 0) is 4.79 Å². The highest BCUT2D eigenvalue weighted by Crippen LogP contribution is 2.17. The maximum absolute atomic E-state index is 11.0. The third kappa shape index (κ3) is 1.84. The molecule has 0 saturated heterocycles. The second-order valence-electron chi connectivity index (χ2n) is 2.75. The minimum atomic E-state index is -0.291. The smallest absolute Gasteiger partial charge is 0.226 e. The van der Waals surface area contributed by atoms with Crippen LogP contribution in [0.4, 0.5) is 0 Å². The number of aromatic amines is 1. The summed E-state index contributed by atoms with van der Waals surface area (Å²) in [5.41, 5.74) is 6.04. The van der Waals surface area contributed by atoms with Crippen LogP contribution >= 0.6 is 0 Å². The number of aromatic nitrogens is 2. The second kappa shape index (κ2) is 3.90. The lowest BCUT2D eigenvalue weighted by molar-refractivity contribution is -0.119. The van der Waals surface area contributed by atoms with Crippen LogP contribution in [0.15, 0.2) is 12.5 Å². The van der Waals surface area contributed by atoms with Crippen LogP contribution < -0.4 is 5.73 Å². The van der Waals surface area contributed by atoms with E-state index in [1.807, 2.05) is 6.92 Å². The lowest BCUT2D eigenvalue weighted by atomic mass is 10.0. The Morgan fingerprint density at radius 3 is 3.00 bits per heavy atom. The molecule has 3 N–H and O–H groups in total. The van der Waals surface area contributed by atoms with Crippen LogP contribution in [0.2, 0.25) is 0 Å². The monoisotopic (exact) mass is 167 g/mol. The maximum atomic E-state index is 11.0. The SMILES string of the molecule is CCCC(C(N)=O)c1cnc[nH]1. The number of hydrogen-bond donors (Lipinski definition) is 2. The molecule has 1 aromatic heterocycles. The van der Waals surface area contributed by atoms with Crippen molar-refractivity contribution in [3.8, 4) is 0 Å². The van der Waals surface area contributed by atoms with Gasteiger partial charge in [-0.1, -0.05) is 13.3 Å². The number of H-pyrrole nitrogens is 1. The van der Waals surface area contributed by atoms with Crippen molar-refractivity contribution in [3.05, 3.63) is 18.2 Å². The molecule has 4 nitrogen and oxygen atoms in total. The zero-order chi connectivity index (χ0) is 8.97. The van der Waals surface area contributed by atoms with Crippen molar-refractivity contribution in [2.75, 3.05) is 0 Å². The molecule has 1 aromatic rings. The summed E-state index contributed by atoms with van der Waals surface area (Å²) in [4.78, 5) is 17.7. The van der Waals surface area contributed by atoms with Crippen molar-refractivity contribution in [1.29, 1.82) is 0 Å². The number of rotatable bonds is 4. The minimum Gasteiger partial charge on any atom is -0.369 e. The highest BCUT2D eigenvalue weighted by Gasteiger charge is 2.17. The topological polar surface area (TPSA) is 71.8 Å². The molecule has 0 spiro atoms. The summed E-state index contributed by atoms with van der Waals surface area (Å²) in [5, 5.41) is 0. The Kier molecular flexibility index (Phi) is 2.85. The summed E-state index contributed by atoms with van der Waals surface area (Å²) in [6.07, 6.45) is 4.91. The second-order valence-corrected chi connectivity index (χ2v) is 2.75. The first kappa shape index (κ1) is 8.77. The number of primary amides is 1. The predicted octanol–water partition coefficient (Wildman–Crippen LogP) is 0.779. The summed E-state index contributed by atoms with van der Waals surface area (Å²) in [7, 11) is 0. The van der Waals surface area contributed by atoms with Crippen LogP contribution in [0.5, 0.6) is 0 Å². The van der Waals surface area contributed by atoms with E-state index in [1.165, 1.54) is 0 Å². The van der Waals surface area contributed by atoms with E-state index in [1.54, 1.807) is 12.5 Å². The summed E-state index contributed by atoms with van der Waals surface area (Å²) in [6.45, 7) is 2.02. The van der Waals surface area contributed by atoms with Gasteiger partial charge in [0.25, 0.3) is 0 Å². The Hall–Kier alpha value is -1.32. The number of carbonyl (C=O) groups excluding carboxylic acids is 1. The van der Waals surface area contributed by atoms with Gasteiger partial charge < -0.3 is 10.7 Å². The van der Waals surface area contributed by atoms with Gasteiger partial charge in [-0.05, 0) is 6.42 Å². The standard InChI is InChI=1S/C8H13N3O/c1-2-3-6(8(9)12)7-4-10-5-11-7/h4-6H,2-3H2,1H3,(H2,9,12)(H,10,11). The van der Waals surface area contributed by atoms with Gasteiger partial charge in [-0.2, -0.15) is 0 Å². The molecule has 0 aliphatic heterocycles. The van der Waals surface area contributed by atoms with Crippen LogP contribution in [0.3, 0.4) is 0 Å². The number of nitrogens with two attached hydrogens (primary N) is 1. The van der Waals surface area contributed by atoms with E-state index in [2.05, 4.69) is 9.97 Å². The quantitative estimate of drug-likeness (QED) is 0.695. The Labute approximate surface area is 71.2 Å². The molecule has 1 rings (SSSR count). The molecule has 0 aliphatic rings. The summed E-state index contributed by atoms with van der Waals surface area (Å²) in [5.74, 6) is -0.501. The fourth-order valence-corrected chi connectivity index (χ4v) is 1.20. The van der Waals surface area contributed by atoms with Crippen molar-refractivity contribution < 1.29 is 4.79 Å². The van der Waals surface area contributed by atoms with Gasteiger partial charge in [0.1, 0.15) is 0 Å². The molecular weight excluding hydrogens is 154 g/mol. The molecule has 0 radical (unpaired) electrons. The van der Waals surface area contributed by atoms with Crippen LogP contribution in [0.25, 0.3) is 0 Å². The fraction of sp³-hybridized carbons (Fsp3) is 0.500. The Bertz CT molecular complexity index is 243. The zero-order valence-electron chi connectivity index (χ0n) is 7.08. The lowest BCUT2D eigenvalue weighted by Gasteiger charge is -2.08. The fourth-order valence-electron chi connectivity index (χ4n) is 1.20. The minimum absolute atomic E-state index is 0.211. The molecular formula is C8H13N3O. The average Bonchev–Trinajstić information content (AvgIpc) is 2.51. The van der Waals surface area contributed by atoms with E-state index in [4.69, 9.17) is 5.73 Å². The van der Waals surface area contributed by atoms with Gasteiger partial charge in [-0.3, -0.25) is 4.79 Å². The first-order chi connectivity index (χ1) is 5.75. The summed E-state index contributed by atoms with van der Waals surface area (Å²) in [6, 6.07) is 0. The van der Waals surface area contributed by atoms with Crippen molar-refractivity contribution in [2.24, 2.45) is 5.73 Å². The Morgan fingerprint density at radius 1 is 1.83 bits per heavy atom. The van der Waals surface area contributed by atoms with E-state index in [9.17, 15) is 4.79 Å². The Morgan fingerprint density at radius 2 is 2.58 bits per heavy atom. The lowest BCUT2D eigenvalue weighted by Crippen LogP contribution is -2.21. The van der Waals surface area contributed by atoms with Gasteiger partial charge in [0.2, 0.25) is 5.91 Å². The van der Waals surface area contributed by atoms with E-state index in [0.29, 0.717) is 0 Å². The molecule has 4 heteroatoms. The van der Waals surface area contributed by atoms with Gasteiger partial charge >= 0.3 is 0 Å². The highest BCUT2D eigenvalue weighted by molar-refractivity contribution is 5.81. The molecule has 1 amide bonds. The number of carbonyl (C=O) groups is 1. The van der Waals surface area contributed by atoms with Gasteiger partial charge in [-0.25, -0.2) is 4.98 Å². The first-order valence-electron chi connectivity index (χ1n) is 4.03. The van der Waals surface area contributed by atoms with Crippen LogP contribution in [0, 0.1) is 0 Å². The summed E-state index contributed by atoms with van der Waals surface area (Å²) >= 11 is 0. The van der Waals surface area contributed by atoms with E-state index >= 15 is 0 Å². The Balaban J connectivity index is 2.73. The molecule has 66 valence electrons. The number of amides is 1. The van der Waals surface area contributed by atoms with Gasteiger partial charge in [0, 0.05) is 11.9 Å². The van der Waals surface area contributed by atoms with Gasteiger partial charge in [0.15, 0.2) is 0 Å². The molecule has 0 aromatic carbocycles. The molecule has 12 heavy (non-hydrogen) atoms. The normalized spacial score (nSPS) is 12.8. The number of imidazole rings is 1. The van der Waals surface area contributed by atoms with Gasteiger partial charge in [0.05, 0.1) is 12.2 Å². The van der Waals surface area contributed by atoms with Crippen LogP contribution in [0.1, 0.15) is 31.4 Å². The number of nitrogens with zero attached hydrogens (tertiary/aromatic N) is 1. The largest absolute Gasteiger partial charge is 0.369 e. The molecule has 1 atom stereocenters. The summed E-state index contributed by atoms with van der Waals surface area (Å²) < 4.78 is 0.